The van der Waals surface area contributed by atoms with E-state index in [0.29, 0.717) is 11.3 Å². The van der Waals surface area contributed by atoms with E-state index >= 15 is 0 Å². The molecule has 4 fully saturated rings. The third-order valence-corrected chi connectivity index (χ3v) is 6.16. The van der Waals surface area contributed by atoms with Crippen LogP contribution in [-0.2, 0) is 0 Å². The van der Waals surface area contributed by atoms with Crippen molar-refractivity contribution in [2.24, 2.45) is 34.1 Å². The van der Waals surface area contributed by atoms with Gasteiger partial charge in [0.15, 0.2) is 0 Å². The van der Waals surface area contributed by atoms with Crippen LogP contribution in [0, 0.1) is 29.1 Å². The second-order valence-electron chi connectivity index (χ2n) is 6.83. The van der Waals surface area contributed by atoms with Crippen LogP contribution in [0.5, 0.6) is 0 Å². The Labute approximate surface area is 103 Å². The normalized spacial score (nSPS) is 61.0. The quantitative estimate of drug-likeness (QED) is 0.743. The Morgan fingerprint density at radius 2 is 2.35 bits per heavy atom. The standard InChI is InChI=1S/C15H21NO/c1-4-5-8(2)16-12-7-10-13-9-6-11(14(12,3)17)15(9,10)13/h4,8-11,13,17H,1,5-7H2,2-3H3/t8-,9?,10?,11?,13?,14+,15+/m0/s1. The van der Waals surface area contributed by atoms with Gasteiger partial charge in [0.2, 0.25) is 0 Å². The molecule has 1 N–H and O–H groups in total. The van der Waals surface area contributed by atoms with Crippen molar-refractivity contribution < 1.29 is 5.11 Å². The Balaban J connectivity index is 1.61. The Morgan fingerprint density at radius 3 is 3.00 bits per heavy atom. The summed E-state index contributed by atoms with van der Waals surface area (Å²) < 4.78 is 0. The van der Waals surface area contributed by atoms with Crippen molar-refractivity contribution >= 4 is 5.71 Å². The molecule has 7 atom stereocenters. The van der Waals surface area contributed by atoms with Gasteiger partial charge in [0.25, 0.3) is 0 Å². The number of rotatable bonds is 3. The lowest BCUT2D eigenvalue weighted by atomic mass is 9.57. The first-order valence-corrected chi connectivity index (χ1v) is 6.95. The molecule has 0 saturated heterocycles. The van der Waals surface area contributed by atoms with Gasteiger partial charge in [-0.05, 0) is 62.2 Å². The van der Waals surface area contributed by atoms with Gasteiger partial charge in [0.1, 0.15) is 5.60 Å². The number of hydrogen-bond donors (Lipinski definition) is 1. The number of nitrogens with zero attached hydrogens (tertiary/aromatic N) is 1. The Kier molecular flexibility index (Phi) is 1.63. The topological polar surface area (TPSA) is 32.6 Å². The van der Waals surface area contributed by atoms with Gasteiger partial charge in [-0.1, -0.05) is 6.08 Å². The second-order valence-corrected chi connectivity index (χ2v) is 6.83. The zero-order valence-corrected chi connectivity index (χ0v) is 10.7. The van der Waals surface area contributed by atoms with Crippen molar-refractivity contribution in [1.82, 2.24) is 0 Å². The minimum absolute atomic E-state index is 0.272. The lowest BCUT2D eigenvalue weighted by Gasteiger charge is -2.51. The first-order chi connectivity index (χ1) is 8.04. The van der Waals surface area contributed by atoms with E-state index in [0.717, 1.165) is 36.3 Å². The minimum Gasteiger partial charge on any atom is -0.384 e. The number of aliphatic hydroxyl groups is 1. The fourth-order valence-corrected chi connectivity index (χ4v) is 5.28. The van der Waals surface area contributed by atoms with E-state index in [4.69, 9.17) is 4.99 Å². The van der Waals surface area contributed by atoms with Crippen molar-refractivity contribution in [3.05, 3.63) is 12.7 Å². The van der Waals surface area contributed by atoms with Crippen LogP contribution in [0.2, 0.25) is 0 Å². The number of fused-ring (bicyclic) bond motifs is 2. The molecule has 0 aromatic rings. The molecular formula is C15H21NO. The third kappa shape index (κ3) is 0.929. The average Bonchev–Trinajstić information content (AvgIpc) is 3.00. The zero-order chi connectivity index (χ0) is 12.0. The molecule has 92 valence electrons. The summed E-state index contributed by atoms with van der Waals surface area (Å²) in [5.74, 6) is 3.39. The molecule has 1 spiro atoms. The van der Waals surface area contributed by atoms with Gasteiger partial charge in [0, 0.05) is 5.71 Å². The maximum Gasteiger partial charge on any atom is 0.103 e. The largest absolute Gasteiger partial charge is 0.384 e. The first-order valence-electron chi connectivity index (χ1n) is 6.95. The molecule has 0 amide bonds. The first kappa shape index (κ1) is 10.3. The van der Waals surface area contributed by atoms with Crippen molar-refractivity contribution in [2.45, 2.75) is 44.8 Å². The highest BCUT2D eigenvalue weighted by atomic mass is 16.3. The fraction of sp³-hybridized carbons (Fsp3) is 0.800. The minimum atomic E-state index is -0.617. The maximum atomic E-state index is 10.8. The number of hydrogen-bond acceptors (Lipinski definition) is 2. The molecule has 0 aliphatic heterocycles. The lowest BCUT2D eigenvalue weighted by molar-refractivity contribution is -0.0472. The van der Waals surface area contributed by atoms with Gasteiger partial charge in [-0.25, -0.2) is 0 Å². The van der Waals surface area contributed by atoms with Crippen LogP contribution < -0.4 is 0 Å². The highest BCUT2D eigenvalue weighted by Gasteiger charge is 2.96. The molecule has 4 aliphatic carbocycles. The summed E-state index contributed by atoms with van der Waals surface area (Å²) in [4.78, 5) is 4.78. The fourth-order valence-electron chi connectivity index (χ4n) is 5.28. The van der Waals surface area contributed by atoms with E-state index < -0.39 is 5.60 Å². The molecule has 4 rings (SSSR count). The summed E-state index contributed by atoms with van der Waals surface area (Å²) in [5, 5.41) is 10.8. The van der Waals surface area contributed by atoms with Gasteiger partial charge in [0.05, 0.1) is 6.04 Å². The molecule has 17 heavy (non-hydrogen) atoms. The highest BCUT2D eigenvalue weighted by Crippen LogP contribution is 2.98. The van der Waals surface area contributed by atoms with Crippen LogP contribution in [0.15, 0.2) is 17.6 Å². The zero-order valence-electron chi connectivity index (χ0n) is 10.7. The van der Waals surface area contributed by atoms with Crippen molar-refractivity contribution in [2.75, 3.05) is 0 Å². The summed E-state index contributed by atoms with van der Waals surface area (Å²) in [7, 11) is 0. The molecule has 4 aliphatic rings. The van der Waals surface area contributed by atoms with Crippen LogP contribution in [0.1, 0.15) is 33.1 Å². The number of aliphatic imine (C=N–C) groups is 1. The van der Waals surface area contributed by atoms with E-state index in [2.05, 4.69) is 13.5 Å². The summed E-state index contributed by atoms with van der Waals surface area (Å²) >= 11 is 0. The molecule has 4 unspecified atom stereocenters. The summed E-state index contributed by atoms with van der Waals surface area (Å²) in [6, 6.07) is 0.272. The van der Waals surface area contributed by atoms with Crippen LogP contribution in [0.3, 0.4) is 0 Å². The second kappa shape index (κ2) is 2.69. The Hall–Kier alpha value is -0.630. The van der Waals surface area contributed by atoms with Gasteiger partial charge in [-0.2, -0.15) is 0 Å². The van der Waals surface area contributed by atoms with Crippen LogP contribution >= 0.6 is 0 Å². The Bertz CT molecular complexity index is 438. The van der Waals surface area contributed by atoms with E-state index in [1.807, 2.05) is 13.0 Å². The van der Waals surface area contributed by atoms with Crippen molar-refractivity contribution in [1.29, 1.82) is 0 Å². The van der Waals surface area contributed by atoms with E-state index in [9.17, 15) is 5.11 Å². The van der Waals surface area contributed by atoms with Gasteiger partial charge in [-0.15, -0.1) is 6.58 Å². The molecule has 2 nitrogen and oxygen atoms in total. The van der Waals surface area contributed by atoms with Crippen molar-refractivity contribution in [3.8, 4) is 0 Å². The lowest BCUT2D eigenvalue weighted by Crippen LogP contribution is -2.56. The van der Waals surface area contributed by atoms with Gasteiger partial charge < -0.3 is 5.11 Å². The Morgan fingerprint density at radius 1 is 1.59 bits per heavy atom. The van der Waals surface area contributed by atoms with E-state index in [-0.39, 0.29) is 6.04 Å². The SMILES string of the molecule is C=CC[C@H](C)N=C1CC2C3C4CC([C@]243)[C@@]1(C)O. The molecule has 4 saturated carbocycles. The summed E-state index contributed by atoms with van der Waals surface area (Å²) in [5.41, 5.74) is 1.08. The predicted molar refractivity (Wildman–Crippen MR) is 68.0 cm³/mol. The summed E-state index contributed by atoms with van der Waals surface area (Å²) in [6.45, 7) is 7.89. The third-order valence-electron chi connectivity index (χ3n) is 6.16. The van der Waals surface area contributed by atoms with Crippen molar-refractivity contribution in [3.63, 3.8) is 0 Å². The monoisotopic (exact) mass is 231 g/mol. The average molecular weight is 231 g/mol. The van der Waals surface area contributed by atoms with Crippen LogP contribution in [0.4, 0.5) is 0 Å². The van der Waals surface area contributed by atoms with Gasteiger partial charge in [-0.3, -0.25) is 4.99 Å². The van der Waals surface area contributed by atoms with Crippen LogP contribution in [0.25, 0.3) is 0 Å². The van der Waals surface area contributed by atoms with E-state index in [1.165, 1.54) is 6.42 Å². The predicted octanol–water partition coefficient (Wildman–Crippen LogP) is 2.43. The molecule has 0 heterocycles. The molecule has 0 bridgehead atoms. The molecule has 0 aromatic heterocycles. The van der Waals surface area contributed by atoms with Gasteiger partial charge >= 0.3 is 0 Å². The molecule has 0 radical (unpaired) electrons. The molecule has 2 heteroatoms. The van der Waals surface area contributed by atoms with E-state index in [1.54, 1.807) is 0 Å². The maximum absolute atomic E-state index is 10.8. The molecular weight excluding hydrogens is 210 g/mol. The smallest absolute Gasteiger partial charge is 0.103 e. The van der Waals surface area contributed by atoms with Crippen LogP contribution in [-0.4, -0.2) is 22.5 Å². The highest BCUT2D eigenvalue weighted by molar-refractivity contribution is 5.96. The summed E-state index contributed by atoms with van der Waals surface area (Å²) in [6.07, 6.45) is 5.14. The molecule has 0 aromatic carbocycles.